The van der Waals surface area contributed by atoms with E-state index in [0.29, 0.717) is 0 Å². The first kappa shape index (κ1) is 22.4. The third-order valence-corrected chi connectivity index (χ3v) is 4.45. The molecule has 0 fully saturated rings. The van der Waals surface area contributed by atoms with Crippen LogP contribution < -0.4 is 0 Å². The largest absolute Gasteiger partial charge is 0.459 e. The summed E-state index contributed by atoms with van der Waals surface area (Å²) in [5, 5.41) is 0. The van der Waals surface area contributed by atoms with Gasteiger partial charge in [-0.15, -0.1) is 0 Å². The third-order valence-electron chi connectivity index (χ3n) is 3.22. The van der Waals surface area contributed by atoms with E-state index in [1.165, 1.54) is 0 Å². The number of thioether (sulfide) groups is 2. The Morgan fingerprint density at radius 1 is 0.913 bits per heavy atom. The Balaban J connectivity index is 4.41. The molecule has 0 N–H and O–H groups in total. The van der Waals surface area contributed by atoms with E-state index in [1.54, 1.807) is 23.5 Å². The number of hydrogen-bond acceptors (Lipinski definition) is 6. The molecule has 0 aromatic carbocycles. The maximum Gasteiger partial charge on any atom is 0.334 e. The summed E-state index contributed by atoms with van der Waals surface area (Å²) in [7, 11) is 0. The van der Waals surface area contributed by atoms with Gasteiger partial charge in [0.05, 0.1) is 6.42 Å². The fourth-order valence-corrected chi connectivity index (χ4v) is 3.10. The lowest BCUT2D eigenvalue weighted by atomic mass is 10.1. The van der Waals surface area contributed by atoms with E-state index in [0.717, 1.165) is 24.3 Å². The highest BCUT2D eigenvalue weighted by Crippen LogP contribution is 2.21. The molecule has 0 saturated carbocycles. The van der Waals surface area contributed by atoms with Gasteiger partial charge in [-0.2, -0.15) is 23.5 Å². The summed E-state index contributed by atoms with van der Waals surface area (Å²) < 4.78 is 10.9. The Kier molecular flexibility index (Phi) is 10.0. The highest BCUT2D eigenvalue weighted by atomic mass is 32.2. The molecular weight excluding hydrogens is 332 g/mol. The first-order chi connectivity index (χ1) is 10.5. The zero-order valence-corrected chi connectivity index (χ0v) is 16.8. The van der Waals surface area contributed by atoms with Crippen molar-refractivity contribution in [2.45, 2.75) is 58.2 Å². The molecule has 0 aliphatic heterocycles. The summed E-state index contributed by atoms with van der Waals surface area (Å²) in [6, 6.07) is 0. The van der Waals surface area contributed by atoms with E-state index in [1.807, 2.05) is 40.2 Å². The van der Waals surface area contributed by atoms with Gasteiger partial charge < -0.3 is 9.47 Å². The van der Waals surface area contributed by atoms with Gasteiger partial charge in [-0.1, -0.05) is 6.58 Å². The average Bonchev–Trinajstić information content (AvgIpc) is 2.41. The first-order valence-corrected chi connectivity index (χ1v) is 10.4. The highest BCUT2D eigenvalue weighted by Gasteiger charge is 2.27. The number of hydrogen-bond donors (Lipinski definition) is 0. The van der Waals surface area contributed by atoms with Gasteiger partial charge in [-0.05, 0) is 64.6 Å². The van der Waals surface area contributed by atoms with Crippen molar-refractivity contribution in [1.82, 2.24) is 0 Å². The normalized spacial score (nSPS) is 11.9. The molecule has 0 aliphatic carbocycles. The van der Waals surface area contributed by atoms with Crippen LogP contribution in [0.1, 0.15) is 47.0 Å². The van der Waals surface area contributed by atoms with Gasteiger partial charge >= 0.3 is 11.9 Å². The molecule has 134 valence electrons. The quantitative estimate of drug-likeness (QED) is 0.408. The van der Waals surface area contributed by atoms with Crippen molar-refractivity contribution in [2.75, 3.05) is 24.0 Å². The van der Waals surface area contributed by atoms with Crippen LogP contribution in [0.25, 0.3) is 0 Å². The van der Waals surface area contributed by atoms with Crippen LogP contribution in [0.5, 0.6) is 0 Å². The number of carbonyl (C=O) groups excluding carboxylic acids is 2. The maximum atomic E-state index is 12.1. The molecule has 0 atom stereocenters. The molecule has 0 bridgehead atoms. The minimum absolute atomic E-state index is 0.132. The van der Waals surface area contributed by atoms with Gasteiger partial charge in [0.2, 0.25) is 0 Å². The molecule has 0 unspecified atom stereocenters. The molecule has 0 aromatic rings. The summed E-state index contributed by atoms with van der Waals surface area (Å²) in [4.78, 5) is 24.0. The summed E-state index contributed by atoms with van der Waals surface area (Å²) in [6.07, 6.45) is 5.39. The van der Waals surface area contributed by atoms with Crippen molar-refractivity contribution in [3.63, 3.8) is 0 Å². The summed E-state index contributed by atoms with van der Waals surface area (Å²) in [5.74, 6) is 0.834. The van der Waals surface area contributed by atoms with Crippen LogP contribution in [0.3, 0.4) is 0 Å². The third kappa shape index (κ3) is 10.7. The van der Waals surface area contributed by atoms with E-state index >= 15 is 0 Å². The molecule has 6 heteroatoms. The molecule has 0 rings (SSSR count). The van der Waals surface area contributed by atoms with E-state index in [-0.39, 0.29) is 12.0 Å². The van der Waals surface area contributed by atoms with Gasteiger partial charge in [-0.25, -0.2) is 4.79 Å². The number of ether oxygens (including phenoxy) is 2. The molecule has 0 aliphatic rings. The summed E-state index contributed by atoms with van der Waals surface area (Å²) >= 11 is 3.40. The van der Waals surface area contributed by atoms with E-state index in [2.05, 4.69) is 6.58 Å². The van der Waals surface area contributed by atoms with Crippen LogP contribution in [-0.4, -0.2) is 47.2 Å². The second kappa shape index (κ2) is 10.3. The second-order valence-electron chi connectivity index (χ2n) is 6.65. The SMILES string of the molecule is C=C(CC(=O)OC(C)(C)CCSC)C(=O)OC(C)(C)CCSC. The fraction of sp³-hybridized carbons (Fsp3) is 0.765. The zero-order chi connectivity index (χ0) is 18.1. The van der Waals surface area contributed by atoms with Crippen LogP contribution in [0.4, 0.5) is 0 Å². The molecule has 0 saturated heterocycles. The standard InChI is InChI=1S/C17H30O4S2/c1-13(15(19)21-17(4,5)9-11-23-7)12-14(18)20-16(2,3)8-10-22-6/h1,8-12H2,2-7H3. The molecule has 23 heavy (non-hydrogen) atoms. The van der Waals surface area contributed by atoms with Crippen LogP contribution in [0, 0.1) is 0 Å². The predicted octanol–water partition coefficient (Wildman–Crippen LogP) is 4.08. The van der Waals surface area contributed by atoms with Crippen LogP contribution in [0.2, 0.25) is 0 Å². The average molecular weight is 363 g/mol. The Bertz CT molecular complexity index is 417. The maximum absolute atomic E-state index is 12.1. The van der Waals surface area contributed by atoms with Crippen molar-refractivity contribution >= 4 is 35.5 Å². The highest BCUT2D eigenvalue weighted by molar-refractivity contribution is 7.98. The van der Waals surface area contributed by atoms with Crippen LogP contribution >= 0.6 is 23.5 Å². The Labute approximate surface area is 149 Å². The topological polar surface area (TPSA) is 52.6 Å². The minimum atomic E-state index is -0.565. The van der Waals surface area contributed by atoms with Crippen molar-refractivity contribution in [2.24, 2.45) is 0 Å². The van der Waals surface area contributed by atoms with Crippen LogP contribution in [-0.2, 0) is 19.1 Å². The molecule has 0 spiro atoms. The summed E-state index contributed by atoms with van der Waals surface area (Å²) in [5.41, 5.74) is -0.972. The van der Waals surface area contributed by atoms with Crippen molar-refractivity contribution in [3.05, 3.63) is 12.2 Å². The Morgan fingerprint density at radius 3 is 1.78 bits per heavy atom. The summed E-state index contributed by atoms with van der Waals surface area (Å²) in [6.45, 7) is 11.1. The van der Waals surface area contributed by atoms with Gasteiger partial charge in [0, 0.05) is 5.57 Å². The molecule has 0 amide bonds. The molecule has 0 aromatic heterocycles. The van der Waals surface area contributed by atoms with Crippen molar-refractivity contribution in [3.8, 4) is 0 Å². The lowest BCUT2D eigenvalue weighted by Gasteiger charge is -2.26. The number of carbonyl (C=O) groups is 2. The molecular formula is C17H30O4S2. The van der Waals surface area contributed by atoms with Crippen molar-refractivity contribution in [1.29, 1.82) is 0 Å². The minimum Gasteiger partial charge on any atom is -0.459 e. The van der Waals surface area contributed by atoms with Crippen LogP contribution in [0.15, 0.2) is 12.2 Å². The molecule has 4 nitrogen and oxygen atoms in total. The second-order valence-corrected chi connectivity index (χ2v) is 8.62. The van der Waals surface area contributed by atoms with Gasteiger partial charge in [0.1, 0.15) is 11.2 Å². The van der Waals surface area contributed by atoms with E-state index < -0.39 is 23.1 Å². The molecule has 0 heterocycles. The number of esters is 2. The van der Waals surface area contributed by atoms with Gasteiger partial charge in [0.25, 0.3) is 0 Å². The van der Waals surface area contributed by atoms with Gasteiger partial charge in [0.15, 0.2) is 0 Å². The fourth-order valence-electron chi connectivity index (χ4n) is 1.71. The van der Waals surface area contributed by atoms with Crippen molar-refractivity contribution < 1.29 is 19.1 Å². The van der Waals surface area contributed by atoms with E-state index in [4.69, 9.17) is 9.47 Å². The number of rotatable bonds is 11. The lowest BCUT2D eigenvalue weighted by Crippen LogP contribution is -2.31. The Morgan fingerprint density at radius 2 is 1.35 bits per heavy atom. The van der Waals surface area contributed by atoms with E-state index in [9.17, 15) is 9.59 Å². The first-order valence-electron chi connectivity index (χ1n) is 7.64. The van der Waals surface area contributed by atoms with Gasteiger partial charge in [-0.3, -0.25) is 4.79 Å². The monoisotopic (exact) mass is 362 g/mol. The zero-order valence-electron chi connectivity index (χ0n) is 15.2. The predicted molar refractivity (Wildman–Crippen MR) is 100 cm³/mol. The lowest BCUT2D eigenvalue weighted by molar-refractivity contribution is -0.159. The smallest absolute Gasteiger partial charge is 0.334 e. The molecule has 0 radical (unpaired) electrons. The Hall–Kier alpha value is -0.620.